The van der Waals surface area contributed by atoms with Crippen molar-refractivity contribution in [3.8, 4) is 0 Å². The highest BCUT2D eigenvalue weighted by molar-refractivity contribution is 5.80. The van der Waals surface area contributed by atoms with Gasteiger partial charge in [0.15, 0.2) is 0 Å². The van der Waals surface area contributed by atoms with Crippen molar-refractivity contribution in [3.63, 3.8) is 0 Å². The third kappa shape index (κ3) is 5.41. The molecule has 0 aromatic rings. The molecule has 2 atom stereocenters. The van der Waals surface area contributed by atoms with Crippen molar-refractivity contribution >= 4 is 5.97 Å². The van der Waals surface area contributed by atoms with Gasteiger partial charge in [-0.2, -0.15) is 0 Å². The number of rotatable bonds is 10. The Kier molecular flexibility index (Phi) is 6.96. The highest BCUT2D eigenvalue weighted by Gasteiger charge is 2.38. The fraction of sp³-hybridized carbons (Fsp3) is 0.938. The van der Waals surface area contributed by atoms with E-state index in [0.717, 1.165) is 25.8 Å². The molecular formula is C16H32N2O2. The predicted molar refractivity (Wildman–Crippen MR) is 82.8 cm³/mol. The summed E-state index contributed by atoms with van der Waals surface area (Å²) in [6.07, 6.45) is 6.57. The highest BCUT2D eigenvalue weighted by atomic mass is 16.5. The second kappa shape index (κ2) is 7.99. The molecule has 20 heavy (non-hydrogen) atoms. The zero-order valence-corrected chi connectivity index (χ0v) is 13.9. The maximum atomic E-state index is 12.0. The minimum absolute atomic E-state index is 0.125. The van der Waals surface area contributed by atoms with E-state index >= 15 is 0 Å². The molecule has 1 aliphatic carbocycles. The Morgan fingerprint density at radius 2 is 2.10 bits per heavy atom. The number of unbranched alkanes of at least 4 members (excludes halogenated alkanes) is 1. The van der Waals surface area contributed by atoms with Gasteiger partial charge in [-0.25, -0.2) is 0 Å². The number of nitrogens with zero attached hydrogens (tertiary/aromatic N) is 1. The molecule has 0 bridgehead atoms. The second-order valence-electron chi connectivity index (χ2n) is 6.44. The van der Waals surface area contributed by atoms with Gasteiger partial charge in [0.1, 0.15) is 5.54 Å². The number of esters is 1. The number of methoxy groups -OCH3 is 1. The van der Waals surface area contributed by atoms with Gasteiger partial charge in [0, 0.05) is 12.1 Å². The molecule has 118 valence electrons. The van der Waals surface area contributed by atoms with E-state index in [9.17, 15) is 4.79 Å². The zero-order valence-electron chi connectivity index (χ0n) is 13.9. The summed E-state index contributed by atoms with van der Waals surface area (Å²) in [6.45, 7) is 7.55. The quantitative estimate of drug-likeness (QED) is 0.494. The first-order valence-electron chi connectivity index (χ1n) is 7.99. The lowest BCUT2D eigenvalue weighted by Gasteiger charge is -2.29. The molecule has 1 N–H and O–H groups in total. The number of nitrogens with one attached hydrogen (secondary N) is 1. The van der Waals surface area contributed by atoms with Gasteiger partial charge in [0.25, 0.3) is 0 Å². The summed E-state index contributed by atoms with van der Waals surface area (Å²) in [6, 6.07) is 1.15. The smallest absolute Gasteiger partial charge is 0.325 e. The summed E-state index contributed by atoms with van der Waals surface area (Å²) < 4.78 is 4.97. The van der Waals surface area contributed by atoms with Crippen LogP contribution in [0.25, 0.3) is 0 Å². The van der Waals surface area contributed by atoms with Crippen molar-refractivity contribution < 1.29 is 9.53 Å². The third-order valence-corrected chi connectivity index (χ3v) is 4.52. The summed E-state index contributed by atoms with van der Waals surface area (Å²) in [7, 11) is 3.65. The van der Waals surface area contributed by atoms with E-state index in [-0.39, 0.29) is 5.97 Å². The lowest BCUT2D eigenvalue weighted by Crippen LogP contribution is -2.51. The van der Waals surface area contributed by atoms with Crippen LogP contribution in [-0.4, -0.2) is 49.2 Å². The molecule has 0 spiro atoms. The largest absolute Gasteiger partial charge is 0.468 e. The molecule has 4 nitrogen and oxygen atoms in total. The van der Waals surface area contributed by atoms with E-state index in [1.165, 1.54) is 26.4 Å². The standard InChI is InChI=1S/C16H32N2O2/c1-6-13(2)18(4)12-8-7-11-16(3,15(19)20-5)17-14-9-10-14/h13-14,17H,6-12H2,1-5H3. The molecule has 0 saturated heterocycles. The van der Waals surface area contributed by atoms with E-state index in [1.807, 2.05) is 6.92 Å². The molecule has 0 aliphatic heterocycles. The molecule has 1 fully saturated rings. The van der Waals surface area contributed by atoms with Gasteiger partial charge in [-0.1, -0.05) is 6.92 Å². The lowest BCUT2D eigenvalue weighted by molar-refractivity contribution is -0.148. The van der Waals surface area contributed by atoms with Crippen LogP contribution in [0.4, 0.5) is 0 Å². The van der Waals surface area contributed by atoms with Crippen molar-refractivity contribution in [3.05, 3.63) is 0 Å². The SMILES string of the molecule is CCC(C)N(C)CCCCC(C)(NC1CC1)C(=O)OC. The van der Waals surface area contributed by atoms with Gasteiger partial charge >= 0.3 is 5.97 Å². The fourth-order valence-corrected chi connectivity index (χ4v) is 2.51. The van der Waals surface area contributed by atoms with Crippen LogP contribution in [0.5, 0.6) is 0 Å². The number of hydrogen-bond acceptors (Lipinski definition) is 4. The maximum absolute atomic E-state index is 12.0. The maximum Gasteiger partial charge on any atom is 0.325 e. The average molecular weight is 284 g/mol. The van der Waals surface area contributed by atoms with Crippen LogP contribution in [0.15, 0.2) is 0 Å². The number of carbonyl (C=O) groups excluding carboxylic acids is 1. The van der Waals surface area contributed by atoms with Gasteiger partial charge in [-0.15, -0.1) is 0 Å². The first kappa shape index (κ1) is 17.4. The molecule has 0 radical (unpaired) electrons. The van der Waals surface area contributed by atoms with E-state index in [4.69, 9.17) is 4.74 Å². The van der Waals surface area contributed by atoms with Gasteiger partial charge in [-0.3, -0.25) is 10.1 Å². The Hall–Kier alpha value is -0.610. The van der Waals surface area contributed by atoms with Crippen LogP contribution in [0, 0.1) is 0 Å². The van der Waals surface area contributed by atoms with Crippen molar-refractivity contribution in [2.24, 2.45) is 0 Å². The molecule has 1 aliphatic rings. The Labute approximate surface area is 124 Å². The molecule has 0 aromatic carbocycles. The van der Waals surface area contributed by atoms with Gasteiger partial charge < -0.3 is 9.64 Å². The van der Waals surface area contributed by atoms with Crippen LogP contribution in [-0.2, 0) is 9.53 Å². The normalized spacial score (nSPS) is 19.7. The van der Waals surface area contributed by atoms with Crippen LogP contribution in [0.2, 0.25) is 0 Å². The molecule has 4 heteroatoms. The Morgan fingerprint density at radius 1 is 1.45 bits per heavy atom. The molecule has 0 aromatic heterocycles. The topological polar surface area (TPSA) is 41.6 Å². The van der Waals surface area contributed by atoms with Crippen molar-refractivity contribution in [1.82, 2.24) is 10.2 Å². The van der Waals surface area contributed by atoms with E-state index in [1.54, 1.807) is 0 Å². The third-order valence-electron chi connectivity index (χ3n) is 4.52. The van der Waals surface area contributed by atoms with Crippen LogP contribution in [0.1, 0.15) is 59.3 Å². The first-order chi connectivity index (χ1) is 9.42. The number of carbonyl (C=O) groups is 1. The van der Waals surface area contributed by atoms with Crippen molar-refractivity contribution in [1.29, 1.82) is 0 Å². The van der Waals surface area contributed by atoms with Gasteiger partial charge in [0.05, 0.1) is 7.11 Å². The second-order valence-corrected chi connectivity index (χ2v) is 6.44. The molecule has 0 amide bonds. The van der Waals surface area contributed by atoms with Crippen LogP contribution in [0.3, 0.4) is 0 Å². The van der Waals surface area contributed by atoms with Crippen molar-refractivity contribution in [2.75, 3.05) is 20.7 Å². The number of ether oxygens (including phenoxy) is 1. The van der Waals surface area contributed by atoms with Crippen molar-refractivity contribution in [2.45, 2.75) is 76.9 Å². The molecular weight excluding hydrogens is 252 g/mol. The first-order valence-corrected chi connectivity index (χ1v) is 7.99. The predicted octanol–water partition coefficient (Wildman–Crippen LogP) is 2.57. The highest BCUT2D eigenvalue weighted by Crippen LogP contribution is 2.26. The summed E-state index contributed by atoms with van der Waals surface area (Å²) in [5.41, 5.74) is -0.509. The van der Waals surface area contributed by atoms with E-state index in [2.05, 4.69) is 31.1 Å². The summed E-state index contributed by atoms with van der Waals surface area (Å²) in [4.78, 5) is 14.4. The number of hydrogen-bond donors (Lipinski definition) is 1. The molecule has 1 rings (SSSR count). The minimum atomic E-state index is -0.509. The van der Waals surface area contributed by atoms with Crippen LogP contribution >= 0.6 is 0 Å². The monoisotopic (exact) mass is 284 g/mol. The van der Waals surface area contributed by atoms with Gasteiger partial charge in [0.2, 0.25) is 0 Å². The summed E-state index contributed by atoms with van der Waals surface area (Å²) in [5.74, 6) is -0.125. The zero-order chi connectivity index (χ0) is 15.2. The minimum Gasteiger partial charge on any atom is -0.468 e. The Balaban J connectivity index is 2.33. The molecule has 2 unspecified atom stereocenters. The average Bonchev–Trinajstić information content (AvgIpc) is 3.25. The van der Waals surface area contributed by atoms with E-state index in [0.29, 0.717) is 12.1 Å². The van der Waals surface area contributed by atoms with Crippen LogP contribution < -0.4 is 5.32 Å². The fourth-order valence-electron chi connectivity index (χ4n) is 2.51. The molecule has 1 saturated carbocycles. The summed E-state index contributed by atoms with van der Waals surface area (Å²) in [5, 5.41) is 3.45. The van der Waals surface area contributed by atoms with Gasteiger partial charge in [-0.05, 0) is 66.0 Å². The molecule has 0 heterocycles. The Bertz CT molecular complexity index is 305. The van der Waals surface area contributed by atoms with E-state index < -0.39 is 5.54 Å². The Morgan fingerprint density at radius 3 is 2.60 bits per heavy atom. The lowest BCUT2D eigenvalue weighted by atomic mass is 9.94. The summed E-state index contributed by atoms with van der Waals surface area (Å²) >= 11 is 0.